The SMILES string of the molecule is CNc1ccc(-c2nc(-c3cccnc3)cs2)cc1. The Morgan fingerprint density at radius 2 is 1.89 bits per heavy atom. The highest BCUT2D eigenvalue weighted by atomic mass is 32.1. The number of nitrogens with zero attached hydrogens (tertiary/aromatic N) is 2. The van der Waals surface area contributed by atoms with E-state index in [0.29, 0.717) is 0 Å². The second-order valence-corrected chi connectivity index (χ2v) is 4.97. The van der Waals surface area contributed by atoms with Gasteiger partial charge in [-0.05, 0) is 36.4 Å². The third-order valence-electron chi connectivity index (χ3n) is 2.88. The van der Waals surface area contributed by atoms with Gasteiger partial charge in [0.15, 0.2) is 0 Å². The molecule has 0 radical (unpaired) electrons. The molecule has 0 aliphatic carbocycles. The minimum atomic E-state index is 0.978. The van der Waals surface area contributed by atoms with E-state index >= 15 is 0 Å². The lowest BCUT2D eigenvalue weighted by atomic mass is 10.2. The Hall–Kier alpha value is -2.20. The highest BCUT2D eigenvalue weighted by Crippen LogP contribution is 2.29. The fourth-order valence-electron chi connectivity index (χ4n) is 1.83. The maximum Gasteiger partial charge on any atom is 0.124 e. The van der Waals surface area contributed by atoms with Crippen molar-refractivity contribution in [1.82, 2.24) is 9.97 Å². The van der Waals surface area contributed by atoms with E-state index in [1.54, 1.807) is 17.5 Å². The predicted molar refractivity (Wildman–Crippen MR) is 80.3 cm³/mol. The molecule has 3 aromatic rings. The standard InChI is InChI=1S/C15H13N3S/c1-16-13-6-4-11(5-7-13)15-18-14(10-19-15)12-3-2-8-17-9-12/h2-10,16H,1H3. The van der Waals surface area contributed by atoms with Gasteiger partial charge < -0.3 is 5.32 Å². The predicted octanol–water partition coefficient (Wildman–Crippen LogP) is 3.91. The summed E-state index contributed by atoms with van der Waals surface area (Å²) in [6.45, 7) is 0. The third-order valence-corrected chi connectivity index (χ3v) is 3.77. The number of thiazole rings is 1. The number of rotatable bonds is 3. The van der Waals surface area contributed by atoms with Gasteiger partial charge in [0.1, 0.15) is 5.01 Å². The van der Waals surface area contributed by atoms with Crippen molar-refractivity contribution in [3.05, 3.63) is 54.2 Å². The molecule has 2 aromatic heterocycles. The van der Waals surface area contributed by atoms with E-state index in [0.717, 1.165) is 27.5 Å². The van der Waals surface area contributed by atoms with Gasteiger partial charge in [0.2, 0.25) is 0 Å². The Morgan fingerprint density at radius 1 is 1.05 bits per heavy atom. The zero-order valence-electron chi connectivity index (χ0n) is 10.5. The van der Waals surface area contributed by atoms with Crippen LogP contribution in [-0.2, 0) is 0 Å². The fraction of sp³-hybridized carbons (Fsp3) is 0.0667. The van der Waals surface area contributed by atoms with E-state index < -0.39 is 0 Å². The van der Waals surface area contributed by atoms with Crippen molar-refractivity contribution < 1.29 is 0 Å². The highest BCUT2D eigenvalue weighted by Gasteiger charge is 2.06. The van der Waals surface area contributed by atoms with Gasteiger partial charge in [-0.15, -0.1) is 11.3 Å². The first-order chi connectivity index (χ1) is 9.36. The van der Waals surface area contributed by atoms with Crippen molar-refractivity contribution in [3.63, 3.8) is 0 Å². The van der Waals surface area contributed by atoms with Gasteiger partial charge in [0.25, 0.3) is 0 Å². The Bertz CT molecular complexity index is 659. The minimum Gasteiger partial charge on any atom is -0.388 e. The maximum atomic E-state index is 4.66. The van der Waals surface area contributed by atoms with Crippen molar-refractivity contribution in [2.45, 2.75) is 0 Å². The van der Waals surface area contributed by atoms with Gasteiger partial charge in [0.05, 0.1) is 5.69 Å². The van der Waals surface area contributed by atoms with Crippen LogP contribution >= 0.6 is 11.3 Å². The molecule has 2 heterocycles. The van der Waals surface area contributed by atoms with Crippen molar-refractivity contribution >= 4 is 17.0 Å². The van der Waals surface area contributed by atoms with Crippen LogP contribution < -0.4 is 5.32 Å². The van der Waals surface area contributed by atoms with Gasteiger partial charge >= 0.3 is 0 Å². The average Bonchev–Trinajstić information content (AvgIpc) is 2.98. The third kappa shape index (κ3) is 2.48. The second kappa shape index (κ2) is 5.20. The summed E-state index contributed by atoms with van der Waals surface area (Å²) in [5.41, 5.74) is 4.27. The maximum absolute atomic E-state index is 4.66. The molecular weight excluding hydrogens is 254 g/mol. The lowest BCUT2D eigenvalue weighted by molar-refractivity contribution is 1.31. The monoisotopic (exact) mass is 267 g/mol. The van der Waals surface area contributed by atoms with Crippen LogP contribution in [0.2, 0.25) is 0 Å². The molecule has 0 aliphatic rings. The molecule has 3 rings (SSSR count). The van der Waals surface area contributed by atoms with Crippen molar-refractivity contribution in [2.75, 3.05) is 12.4 Å². The van der Waals surface area contributed by atoms with E-state index in [1.165, 1.54) is 0 Å². The summed E-state index contributed by atoms with van der Waals surface area (Å²) < 4.78 is 0. The van der Waals surface area contributed by atoms with Crippen LogP contribution in [0.5, 0.6) is 0 Å². The summed E-state index contributed by atoms with van der Waals surface area (Å²) in [6, 6.07) is 12.2. The van der Waals surface area contributed by atoms with E-state index in [2.05, 4.69) is 44.9 Å². The first-order valence-electron chi connectivity index (χ1n) is 6.01. The molecule has 0 spiro atoms. The van der Waals surface area contributed by atoms with Crippen molar-refractivity contribution in [2.24, 2.45) is 0 Å². The van der Waals surface area contributed by atoms with Crippen LogP contribution in [-0.4, -0.2) is 17.0 Å². The Kier molecular flexibility index (Phi) is 3.25. The Balaban J connectivity index is 1.92. The minimum absolute atomic E-state index is 0.978. The van der Waals surface area contributed by atoms with E-state index in [9.17, 15) is 0 Å². The molecule has 0 aliphatic heterocycles. The number of hydrogen-bond donors (Lipinski definition) is 1. The number of aromatic nitrogens is 2. The Labute approximate surface area is 116 Å². The first kappa shape index (κ1) is 11.9. The quantitative estimate of drug-likeness (QED) is 0.781. The first-order valence-corrected chi connectivity index (χ1v) is 6.89. The molecule has 4 heteroatoms. The molecule has 0 fully saturated rings. The largest absolute Gasteiger partial charge is 0.388 e. The van der Waals surface area contributed by atoms with Crippen molar-refractivity contribution in [1.29, 1.82) is 0 Å². The molecule has 3 nitrogen and oxygen atoms in total. The number of anilines is 1. The van der Waals surface area contributed by atoms with Crippen LogP contribution in [0, 0.1) is 0 Å². The van der Waals surface area contributed by atoms with Gasteiger partial charge in [-0.1, -0.05) is 0 Å². The summed E-state index contributed by atoms with van der Waals surface area (Å²) in [7, 11) is 1.92. The van der Waals surface area contributed by atoms with Crippen LogP contribution in [0.25, 0.3) is 21.8 Å². The normalized spacial score (nSPS) is 10.4. The summed E-state index contributed by atoms with van der Waals surface area (Å²) in [5.74, 6) is 0. The molecule has 0 saturated carbocycles. The molecule has 19 heavy (non-hydrogen) atoms. The molecular formula is C15H13N3S. The van der Waals surface area contributed by atoms with Crippen LogP contribution in [0.4, 0.5) is 5.69 Å². The second-order valence-electron chi connectivity index (χ2n) is 4.11. The Morgan fingerprint density at radius 3 is 2.58 bits per heavy atom. The number of pyridine rings is 1. The number of benzene rings is 1. The number of nitrogens with one attached hydrogen (secondary N) is 1. The topological polar surface area (TPSA) is 37.8 Å². The van der Waals surface area contributed by atoms with Gasteiger partial charge in [0, 0.05) is 41.6 Å². The van der Waals surface area contributed by atoms with Crippen LogP contribution in [0.3, 0.4) is 0 Å². The van der Waals surface area contributed by atoms with Gasteiger partial charge in [-0.25, -0.2) is 4.98 Å². The fourth-order valence-corrected chi connectivity index (χ4v) is 2.67. The number of hydrogen-bond acceptors (Lipinski definition) is 4. The smallest absolute Gasteiger partial charge is 0.124 e. The average molecular weight is 267 g/mol. The summed E-state index contributed by atoms with van der Waals surface area (Å²) in [5, 5.41) is 6.21. The van der Waals surface area contributed by atoms with Crippen molar-refractivity contribution in [3.8, 4) is 21.8 Å². The molecule has 94 valence electrons. The molecule has 0 amide bonds. The molecule has 1 aromatic carbocycles. The summed E-state index contributed by atoms with van der Waals surface area (Å²) >= 11 is 1.65. The van der Waals surface area contributed by atoms with E-state index in [4.69, 9.17) is 0 Å². The summed E-state index contributed by atoms with van der Waals surface area (Å²) in [4.78, 5) is 8.79. The van der Waals surface area contributed by atoms with E-state index in [1.807, 2.05) is 25.4 Å². The zero-order valence-corrected chi connectivity index (χ0v) is 11.3. The van der Waals surface area contributed by atoms with Crippen LogP contribution in [0.15, 0.2) is 54.2 Å². The lowest BCUT2D eigenvalue weighted by Gasteiger charge is -2.00. The summed E-state index contributed by atoms with van der Waals surface area (Å²) in [6.07, 6.45) is 3.61. The molecule has 1 N–H and O–H groups in total. The molecule has 0 bridgehead atoms. The van der Waals surface area contributed by atoms with Gasteiger partial charge in [-0.2, -0.15) is 0 Å². The van der Waals surface area contributed by atoms with E-state index in [-0.39, 0.29) is 0 Å². The molecule has 0 saturated heterocycles. The van der Waals surface area contributed by atoms with Gasteiger partial charge in [-0.3, -0.25) is 4.98 Å². The molecule has 0 atom stereocenters. The zero-order chi connectivity index (χ0) is 13.1. The molecule has 0 unspecified atom stereocenters. The highest BCUT2D eigenvalue weighted by molar-refractivity contribution is 7.13. The van der Waals surface area contributed by atoms with Crippen LogP contribution in [0.1, 0.15) is 0 Å². The lowest BCUT2D eigenvalue weighted by Crippen LogP contribution is -1.86.